The molecule has 0 aliphatic heterocycles. The summed E-state index contributed by atoms with van der Waals surface area (Å²) in [5.74, 6) is 0. The van der Waals surface area contributed by atoms with Gasteiger partial charge >= 0.3 is 0 Å². The van der Waals surface area contributed by atoms with Crippen LogP contribution in [0.25, 0.3) is 0 Å². The van der Waals surface area contributed by atoms with Crippen molar-refractivity contribution in [2.75, 3.05) is 0 Å². The predicted molar refractivity (Wildman–Crippen MR) is 0 cm³/mol. The van der Waals surface area contributed by atoms with Crippen LogP contribution < -0.4 is 0 Å². The Bertz CT molecular complexity index is 3.25. The van der Waals surface area contributed by atoms with Crippen LogP contribution in [0.3, 0.4) is 0 Å². The van der Waals surface area contributed by atoms with E-state index < -0.39 is 0 Å². The van der Waals surface area contributed by atoms with Crippen molar-refractivity contribution < 1.29 is 69.8 Å². The molecule has 0 atom stereocenters. The van der Waals surface area contributed by atoms with Gasteiger partial charge in [-0.3, -0.25) is 0 Å². The molecule has 0 aromatic carbocycles. The van der Waals surface area contributed by atoms with E-state index in [0.29, 0.717) is 0 Å². The van der Waals surface area contributed by atoms with Crippen LogP contribution in [-0.2, 0) is 69.8 Å². The molecule has 0 saturated carbocycles. The third kappa shape index (κ3) is 8.91. The fourth-order valence-corrected chi connectivity index (χ4v) is 0. The molecule has 0 aliphatic rings. The van der Waals surface area contributed by atoms with E-state index in [4.69, 9.17) is 0 Å². The van der Waals surface area contributed by atoms with Crippen LogP contribution in [-0.4, -0.2) is 0 Å². The smallest absolute Gasteiger partial charge is 0 e. The maximum atomic E-state index is 0. The SMILES string of the molecule is [Co].[Co].[Co].[Ru]. The van der Waals surface area contributed by atoms with Crippen LogP contribution in [0.5, 0.6) is 0 Å². The second-order valence-electron chi connectivity index (χ2n) is 0. The van der Waals surface area contributed by atoms with Crippen molar-refractivity contribution in [1.82, 2.24) is 0 Å². The van der Waals surface area contributed by atoms with Crippen molar-refractivity contribution >= 4 is 0 Å². The molecule has 0 amide bonds. The van der Waals surface area contributed by atoms with E-state index in [1.54, 1.807) is 0 Å². The van der Waals surface area contributed by atoms with Gasteiger partial charge in [-0.1, -0.05) is 0 Å². The molecular formula is Co3Ru. The summed E-state index contributed by atoms with van der Waals surface area (Å²) >= 11 is 0. The van der Waals surface area contributed by atoms with Gasteiger partial charge in [0.25, 0.3) is 0 Å². The minimum Gasteiger partial charge on any atom is 0 e. The topological polar surface area (TPSA) is 0 Å². The fourth-order valence-electron chi connectivity index (χ4n) is 0. The molecule has 0 rings (SSSR count). The molecule has 0 fully saturated rings. The molecule has 0 aromatic heterocycles. The van der Waals surface area contributed by atoms with Gasteiger partial charge in [-0.2, -0.15) is 0 Å². The van der Waals surface area contributed by atoms with Crippen molar-refractivity contribution in [1.29, 1.82) is 0 Å². The number of rotatable bonds is 0. The summed E-state index contributed by atoms with van der Waals surface area (Å²) in [4.78, 5) is 0. The van der Waals surface area contributed by atoms with Crippen molar-refractivity contribution in [3.63, 3.8) is 0 Å². The van der Waals surface area contributed by atoms with Crippen molar-refractivity contribution in [2.24, 2.45) is 0 Å². The van der Waals surface area contributed by atoms with Crippen molar-refractivity contribution in [3.05, 3.63) is 0 Å². The van der Waals surface area contributed by atoms with E-state index in [2.05, 4.69) is 0 Å². The van der Waals surface area contributed by atoms with Gasteiger partial charge < -0.3 is 0 Å². The van der Waals surface area contributed by atoms with Gasteiger partial charge in [0.2, 0.25) is 0 Å². The van der Waals surface area contributed by atoms with E-state index in [1.165, 1.54) is 0 Å². The Balaban J connectivity index is 0. The Morgan fingerprint density at radius 1 is 0.500 bits per heavy atom. The molecule has 0 bridgehead atoms. The van der Waals surface area contributed by atoms with Crippen LogP contribution in [0.1, 0.15) is 0 Å². The third-order valence-electron chi connectivity index (χ3n) is 0. The molecule has 4 heteroatoms. The molecule has 0 aliphatic carbocycles. The number of hydrogen-bond acceptors (Lipinski definition) is 0. The normalized spacial score (nSPS) is 0. The summed E-state index contributed by atoms with van der Waals surface area (Å²) in [5, 5.41) is 0. The largest absolute Gasteiger partial charge is 0 e. The van der Waals surface area contributed by atoms with E-state index in [9.17, 15) is 0 Å². The Hall–Kier alpha value is 2.14. The molecule has 0 unspecified atom stereocenters. The molecule has 0 heterocycles. The average Bonchev–Trinajstić information content (AvgIpc) is 0. The summed E-state index contributed by atoms with van der Waals surface area (Å²) in [7, 11) is 0. The zero-order valence-corrected chi connectivity index (χ0v) is 6.21. The maximum Gasteiger partial charge on any atom is 0 e. The summed E-state index contributed by atoms with van der Waals surface area (Å²) in [6.45, 7) is 0. The van der Waals surface area contributed by atoms with E-state index in [0.717, 1.165) is 0 Å². The van der Waals surface area contributed by atoms with Gasteiger partial charge in [0.1, 0.15) is 0 Å². The molecular weight excluding hydrogens is 278 g/mol. The first-order valence-electron chi connectivity index (χ1n) is 0. The quantitative estimate of drug-likeness (QED) is 0.547. The van der Waals surface area contributed by atoms with Crippen molar-refractivity contribution in [3.8, 4) is 0 Å². The molecule has 4 heavy (non-hydrogen) atoms. The summed E-state index contributed by atoms with van der Waals surface area (Å²) in [6, 6.07) is 0. The Morgan fingerprint density at radius 2 is 0.500 bits per heavy atom. The van der Waals surface area contributed by atoms with Crippen LogP contribution in [0.2, 0.25) is 0 Å². The zero-order valence-electron chi connectivity index (χ0n) is 1.35. The average molecular weight is 278 g/mol. The summed E-state index contributed by atoms with van der Waals surface area (Å²) < 4.78 is 0. The minimum absolute atomic E-state index is 0. The molecule has 0 N–H and O–H groups in total. The van der Waals surface area contributed by atoms with Crippen LogP contribution in [0.4, 0.5) is 0 Å². The van der Waals surface area contributed by atoms with E-state index in [-0.39, 0.29) is 69.8 Å². The third-order valence-corrected chi connectivity index (χ3v) is 0. The zero-order chi connectivity index (χ0) is 0. The molecule has 0 spiro atoms. The second kappa shape index (κ2) is 19.2. The fraction of sp³-hybridized carbons (Fsp3) is 0. The van der Waals surface area contributed by atoms with Gasteiger partial charge in [0, 0.05) is 69.8 Å². The van der Waals surface area contributed by atoms with Gasteiger partial charge in [0.05, 0.1) is 0 Å². The predicted octanol–water partition coefficient (Wildman–Crippen LogP) is -0.0100. The standard InChI is InChI=1S/3Co.Ru. The van der Waals surface area contributed by atoms with Crippen molar-refractivity contribution in [2.45, 2.75) is 0 Å². The first-order valence-corrected chi connectivity index (χ1v) is 0. The van der Waals surface area contributed by atoms with Crippen LogP contribution in [0.15, 0.2) is 0 Å². The summed E-state index contributed by atoms with van der Waals surface area (Å²) in [5.41, 5.74) is 0. The Labute approximate surface area is 69.2 Å². The van der Waals surface area contributed by atoms with Gasteiger partial charge in [-0.15, -0.1) is 0 Å². The van der Waals surface area contributed by atoms with Gasteiger partial charge in [-0.05, 0) is 0 Å². The molecule has 0 nitrogen and oxygen atoms in total. The molecule has 0 aromatic rings. The Kier molecular flexibility index (Phi) is 170. The minimum atomic E-state index is 0. The maximum absolute atomic E-state index is 0. The van der Waals surface area contributed by atoms with Crippen LogP contribution in [0, 0.1) is 0 Å². The number of hydrogen-bond donors (Lipinski definition) is 0. The van der Waals surface area contributed by atoms with E-state index >= 15 is 0 Å². The first-order chi connectivity index (χ1) is 0. The van der Waals surface area contributed by atoms with Crippen LogP contribution >= 0.6 is 0 Å². The monoisotopic (exact) mass is 279 g/mol. The second-order valence-corrected chi connectivity index (χ2v) is 0. The van der Waals surface area contributed by atoms with Gasteiger partial charge in [-0.25, -0.2) is 0 Å². The van der Waals surface area contributed by atoms with Gasteiger partial charge in [0.15, 0.2) is 0 Å². The molecule has 3 radical (unpaired) electrons. The summed E-state index contributed by atoms with van der Waals surface area (Å²) in [6.07, 6.45) is 0. The molecule has 0 saturated heterocycles. The molecule has 35 valence electrons. The Morgan fingerprint density at radius 3 is 0.500 bits per heavy atom. The first kappa shape index (κ1) is 35.4. The van der Waals surface area contributed by atoms with E-state index in [1.807, 2.05) is 0 Å².